The molecule has 1 aromatic carbocycles. The van der Waals surface area contributed by atoms with E-state index in [9.17, 15) is 0 Å². The van der Waals surface area contributed by atoms with Crippen LogP contribution >= 0.6 is 0 Å². The van der Waals surface area contributed by atoms with Gasteiger partial charge in [0.25, 0.3) is 0 Å². The highest BCUT2D eigenvalue weighted by Gasteiger charge is 2.03. The number of aromatic nitrogens is 2. The van der Waals surface area contributed by atoms with Gasteiger partial charge in [0.05, 0.1) is 19.5 Å². The third-order valence-corrected chi connectivity index (χ3v) is 3.02. The van der Waals surface area contributed by atoms with E-state index in [-0.39, 0.29) is 0 Å². The Morgan fingerprint density at radius 2 is 2.21 bits per heavy atom. The molecule has 0 saturated carbocycles. The zero-order valence-electron chi connectivity index (χ0n) is 11.5. The molecule has 2 aromatic rings. The number of rotatable bonds is 8. The maximum absolute atomic E-state index is 5.62. The molecule has 0 unspecified atom stereocenters. The van der Waals surface area contributed by atoms with Crippen molar-refractivity contribution in [1.82, 2.24) is 9.55 Å². The molecule has 0 atom stereocenters. The lowest BCUT2D eigenvalue weighted by Crippen LogP contribution is -2.82. The maximum Gasteiger partial charge on any atom is 0.128 e. The Kier molecular flexibility index (Phi) is 5.44. The summed E-state index contributed by atoms with van der Waals surface area (Å²) in [7, 11) is 0. The minimum Gasteiger partial charge on any atom is -0.493 e. The van der Waals surface area contributed by atoms with Crippen LogP contribution in [0.2, 0.25) is 0 Å². The summed E-state index contributed by atoms with van der Waals surface area (Å²) >= 11 is 0. The van der Waals surface area contributed by atoms with E-state index < -0.39 is 0 Å². The average Bonchev–Trinajstić information content (AvgIpc) is 2.94. The molecule has 0 aliphatic rings. The molecule has 102 valence electrons. The fourth-order valence-electron chi connectivity index (χ4n) is 2.06. The summed E-state index contributed by atoms with van der Waals surface area (Å²) in [4.78, 5) is 4.04. The topological polar surface area (TPSA) is 43.7 Å². The fraction of sp³-hybridized carbons (Fsp3) is 0.400. The van der Waals surface area contributed by atoms with Crippen molar-refractivity contribution in [2.45, 2.75) is 26.4 Å². The molecule has 0 spiro atoms. The highest BCUT2D eigenvalue weighted by molar-refractivity contribution is 5.32. The number of ether oxygens (including phenoxy) is 1. The van der Waals surface area contributed by atoms with E-state index in [4.69, 9.17) is 4.74 Å². The summed E-state index contributed by atoms with van der Waals surface area (Å²) in [5.41, 5.74) is 1.27. The number of nitrogens with zero attached hydrogens (tertiary/aromatic N) is 2. The van der Waals surface area contributed by atoms with Gasteiger partial charge in [-0.25, -0.2) is 4.98 Å². The lowest BCUT2D eigenvalue weighted by molar-refractivity contribution is -0.671. The zero-order chi connectivity index (χ0) is 13.3. The number of quaternary nitrogens is 1. The molecule has 0 bridgehead atoms. The highest BCUT2D eigenvalue weighted by Crippen LogP contribution is 2.16. The highest BCUT2D eigenvalue weighted by atomic mass is 16.5. The van der Waals surface area contributed by atoms with Crippen molar-refractivity contribution < 1.29 is 10.1 Å². The molecule has 0 aliphatic heterocycles. The van der Waals surface area contributed by atoms with E-state index in [0.717, 1.165) is 38.4 Å². The molecule has 0 fully saturated rings. The van der Waals surface area contributed by atoms with E-state index in [2.05, 4.69) is 27.0 Å². The first kappa shape index (κ1) is 13.6. The van der Waals surface area contributed by atoms with Crippen LogP contribution in [0, 0.1) is 0 Å². The second-order valence-corrected chi connectivity index (χ2v) is 4.48. The zero-order valence-corrected chi connectivity index (χ0v) is 11.5. The van der Waals surface area contributed by atoms with Gasteiger partial charge < -0.3 is 14.6 Å². The summed E-state index contributed by atoms with van der Waals surface area (Å²) in [6.45, 7) is 5.85. The normalized spacial score (nSPS) is 10.6. The van der Waals surface area contributed by atoms with Gasteiger partial charge in [-0.15, -0.1) is 0 Å². The monoisotopic (exact) mass is 260 g/mol. The Balaban J connectivity index is 1.70. The third kappa shape index (κ3) is 4.41. The second-order valence-electron chi connectivity index (χ2n) is 4.48. The van der Waals surface area contributed by atoms with Crippen molar-refractivity contribution in [3.63, 3.8) is 0 Å². The molecule has 1 aromatic heterocycles. The van der Waals surface area contributed by atoms with Gasteiger partial charge in [-0.05, 0) is 19.1 Å². The van der Waals surface area contributed by atoms with Crippen LogP contribution in [0.3, 0.4) is 0 Å². The number of aryl methyl sites for hydroxylation is 1. The molecule has 4 nitrogen and oxygen atoms in total. The van der Waals surface area contributed by atoms with Crippen molar-refractivity contribution in [2.24, 2.45) is 0 Å². The van der Waals surface area contributed by atoms with E-state index in [0.29, 0.717) is 0 Å². The minimum absolute atomic E-state index is 0.720. The molecule has 0 amide bonds. The lowest BCUT2D eigenvalue weighted by atomic mass is 10.2. The van der Waals surface area contributed by atoms with Gasteiger partial charge in [-0.3, -0.25) is 0 Å². The molecule has 19 heavy (non-hydrogen) atoms. The first-order valence-electron chi connectivity index (χ1n) is 6.88. The van der Waals surface area contributed by atoms with Crippen LogP contribution in [0.25, 0.3) is 0 Å². The fourth-order valence-corrected chi connectivity index (χ4v) is 2.06. The van der Waals surface area contributed by atoms with Gasteiger partial charge in [0, 0.05) is 30.9 Å². The molecule has 0 aliphatic carbocycles. The Hall–Kier alpha value is -1.81. The summed E-state index contributed by atoms with van der Waals surface area (Å²) in [5.74, 6) is 1.01. The molecule has 4 heteroatoms. The van der Waals surface area contributed by atoms with Crippen LogP contribution in [0.5, 0.6) is 5.75 Å². The Bertz CT molecular complexity index is 468. The number of hydrogen-bond acceptors (Lipinski definition) is 2. The van der Waals surface area contributed by atoms with Crippen LogP contribution in [0.4, 0.5) is 0 Å². The summed E-state index contributed by atoms with van der Waals surface area (Å²) in [6, 6.07) is 8.26. The lowest BCUT2D eigenvalue weighted by Gasteiger charge is -2.09. The Morgan fingerprint density at radius 3 is 3.00 bits per heavy atom. The molecule has 1 heterocycles. The number of hydrogen-bond donors (Lipinski definition) is 1. The first-order chi connectivity index (χ1) is 9.40. The van der Waals surface area contributed by atoms with E-state index >= 15 is 0 Å². The predicted octanol–water partition coefficient (Wildman–Crippen LogP) is 1.44. The number of benzene rings is 1. The quantitative estimate of drug-likeness (QED) is 0.730. The summed E-state index contributed by atoms with van der Waals surface area (Å²) in [6.07, 6.45) is 6.84. The number of imidazole rings is 1. The minimum atomic E-state index is 0.720. The van der Waals surface area contributed by atoms with E-state index in [1.165, 1.54) is 5.56 Å². The van der Waals surface area contributed by atoms with Gasteiger partial charge in [0.1, 0.15) is 12.3 Å². The Labute approximate surface area is 114 Å². The SMILES string of the molecule is CCOc1ccccc1C[NH2+]CCCn1ccnc1. The van der Waals surface area contributed by atoms with Crippen LogP contribution in [0.1, 0.15) is 18.9 Å². The maximum atomic E-state index is 5.62. The van der Waals surface area contributed by atoms with Gasteiger partial charge in [-0.2, -0.15) is 0 Å². The number of para-hydroxylation sites is 1. The predicted molar refractivity (Wildman–Crippen MR) is 75.0 cm³/mol. The standard InChI is InChI=1S/C15H21N3O/c1-2-19-15-7-4-3-6-14(15)12-16-8-5-10-18-11-9-17-13-18/h3-4,6-7,9,11,13,16H,2,5,8,10,12H2,1H3/p+1. The summed E-state index contributed by atoms with van der Waals surface area (Å²) < 4.78 is 7.73. The van der Waals surface area contributed by atoms with Crippen molar-refractivity contribution in [2.75, 3.05) is 13.2 Å². The van der Waals surface area contributed by atoms with Crippen LogP contribution in [-0.2, 0) is 13.1 Å². The molecule has 0 saturated heterocycles. The van der Waals surface area contributed by atoms with Gasteiger partial charge in [0.15, 0.2) is 0 Å². The summed E-state index contributed by atoms with van der Waals surface area (Å²) in [5, 5.41) is 2.33. The first-order valence-corrected chi connectivity index (χ1v) is 6.88. The third-order valence-electron chi connectivity index (χ3n) is 3.02. The van der Waals surface area contributed by atoms with Crippen LogP contribution < -0.4 is 10.1 Å². The van der Waals surface area contributed by atoms with Crippen LogP contribution in [0.15, 0.2) is 43.0 Å². The van der Waals surface area contributed by atoms with Crippen molar-refractivity contribution >= 4 is 0 Å². The second kappa shape index (κ2) is 7.59. The molecular formula is C15H22N3O+. The molecule has 2 N–H and O–H groups in total. The van der Waals surface area contributed by atoms with Crippen molar-refractivity contribution in [1.29, 1.82) is 0 Å². The van der Waals surface area contributed by atoms with Crippen LogP contribution in [-0.4, -0.2) is 22.7 Å². The van der Waals surface area contributed by atoms with Gasteiger partial charge in [-0.1, -0.05) is 12.1 Å². The van der Waals surface area contributed by atoms with E-state index in [1.807, 2.05) is 37.8 Å². The average molecular weight is 260 g/mol. The van der Waals surface area contributed by atoms with Gasteiger partial charge >= 0.3 is 0 Å². The largest absolute Gasteiger partial charge is 0.493 e. The molecule has 2 rings (SSSR count). The van der Waals surface area contributed by atoms with Gasteiger partial charge in [0.2, 0.25) is 0 Å². The molecule has 0 radical (unpaired) electrons. The van der Waals surface area contributed by atoms with Crippen molar-refractivity contribution in [3.8, 4) is 5.75 Å². The Morgan fingerprint density at radius 1 is 1.32 bits per heavy atom. The smallest absolute Gasteiger partial charge is 0.128 e. The molecular weight excluding hydrogens is 238 g/mol. The van der Waals surface area contributed by atoms with E-state index in [1.54, 1.807) is 0 Å². The number of nitrogens with two attached hydrogens (primary N) is 1. The van der Waals surface area contributed by atoms with Crippen molar-refractivity contribution in [3.05, 3.63) is 48.5 Å².